The summed E-state index contributed by atoms with van der Waals surface area (Å²) in [6.07, 6.45) is 0. The molecule has 126 valence electrons. The van der Waals surface area contributed by atoms with Crippen LogP contribution in [0.4, 0.5) is 4.39 Å². The first kappa shape index (κ1) is 17.4. The highest BCUT2D eigenvalue weighted by Gasteiger charge is 2.18. The molecular weight excluding hydrogens is 299 g/mol. The lowest BCUT2D eigenvalue weighted by Crippen LogP contribution is -2.33. The van der Waals surface area contributed by atoms with Crippen molar-refractivity contribution in [3.05, 3.63) is 35.5 Å². The molecule has 0 saturated heterocycles. The number of aromatic nitrogens is 1. The minimum Gasteiger partial charge on any atom is -0.497 e. The molecule has 0 amide bonds. The third-order valence-electron chi connectivity index (χ3n) is 3.77. The van der Waals surface area contributed by atoms with Crippen molar-refractivity contribution in [2.45, 2.75) is 33.4 Å². The van der Waals surface area contributed by atoms with Gasteiger partial charge in [0.1, 0.15) is 17.3 Å². The lowest BCUT2D eigenvalue weighted by Gasteiger charge is -2.24. The van der Waals surface area contributed by atoms with Gasteiger partial charge >= 0.3 is 0 Å². The Hall–Kier alpha value is -1.92. The molecule has 1 N–H and O–H groups in total. The van der Waals surface area contributed by atoms with E-state index in [1.54, 1.807) is 12.1 Å². The van der Waals surface area contributed by atoms with Crippen molar-refractivity contribution in [1.29, 1.82) is 0 Å². The second kappa shape index (κ2) is 7.57. The van der Waals surface area contributed by atoms with E-state index in [1.165, 1.54) is 13.2 Å². The summed E-state index contributed by atoms with van der Waals surface area (Å²) in [4.78, 5) is 6.51. The van der Waals surface area contributed by atoms with Crippen LogP contribution in [0.3, 0.4) is 0 Å². The zero-order valence-electron chi connectivity index (χ0n) is 14.0. The van der Waals surface area contributed by atoms with Crippen LogP contribution in [0.25, 0.3) is 11.5 Å². The molecule has 0 saturated carbocycles. The van der Waals surface area contributed by atoms with E-state index in [4.69, 9.17) is 14.3 Å². The van der Waals surface area contributed by atoms with Crippen LogP contribution < -0.4 is 4.74 Å². The molecule has 1 heterocycles. The van der Waals surface area contributed by atoms with Gasteiger partial charge in [-0.1, -0.05) is 0 Å². The number of oxazole rings is 1. The zero-order valence-corrected chi connectivity index (χ0v) is 14.0. The molecule has 0 aliphatic rings. The Morgan fingerprint density at radius 2 is 2.13 bits per heavy atom. The molecule has 2 rings (SSSR count). The van der Waals surface area contributed by atoms with E-state index in [2.05, 4.69) is 23.7 Å². The van der Waals surface area contributed by atoms with Crippen LogP contribution >= 0.6 is 0 Å². The van der Waals surface area contributed by atoms with E-state index < -0.39 is 5.82 Å². The Kier molecular flexibility index (Phi) is 5.74. The molecule has 0 spiro atoms. The number of ether oxygens (including phenoxy) is 1. The highest BCUT2D eigenvalue weighted by molar-refractivity contribution is 5.56. The number of hydrogen-bond acceptors (Lipinski definition) is 5. The summed E-state index contributed by atoms with van der Waals surface area (Å²) in [6, 6.07) is 4.83. The topological polar surface area (TPSA) is 58.7 Å². The van der Waals surface area contributed by atoms with E-state index in [1.807, 2.05) is 6.92 Å². The molecule has 0 radical (unpaired) electrons. The van der Waals surface area contributed by atoms with Crippen LogP contribution in [-0.4, -0.2) is 41.3 Å². The average Bonchev–Trinajstić information content (AvgIpc) is 2.87. The molecule has 0 bridgehead atoms. The molecule has 2 aromatic rings. The third-order valence-corrected chi connectivity index (χ3v) is 3.77. The minimum absolute atomic E-state index is 0.0784. The number of aliphatic hydroxyl groups is 1. The molecule has 0 fully saturated rings. The number of hydrogen-bond donors (Lipinski definition) is 1. The number of halogens is 1. The van der Waals surface area contributed by atoms with Gasteiger partial charge in [-0.2, -0.15) is 0 Å². The van der Waals surface area contributed by atoms with Crippen LogP contribution in [-0.2, 0) is 6.54 Å². The van der Waals surface area contributed by atoms with Gasteiger partial charge in [0, 0.05) is 25.2 Å². The molecule has 23 heavy (non-hydrogen) atoms. The quantitative estimate of drug-likeness (QED) is 0.849. The molecule has 0 atom stereocenters. The van der Waals surface area contributed by atoms with Gasteiger partial charge in [0.25, 0.3) is 0 Å². The van der Waals surface area contributed by atoms with Gasteiger partial charge in [0.15, 0.2) is 0 Å². The van der Waals surface area contributed by atoms with Crippen molar-refractivity contribution in [3.63, 3.8) is 0 Å². The molecular formula is C17H23FN2O3. The number of aliphatic hydroxyl groups excluding tert-OH is 1. The van der Waals surface area contributed by atoms with Gasteiger partial charge in [-0.15, -0.1) is 0 Å². The Balaban J connectivity index is 2.27. The number of aryl methyl sites for hydroxylation is 1. The van der Waals surface area contributed by atoms with Gasteiger partial charge < -0.3 is 14.3 Å². The highest BCUT2D eigenvalue weighted by Crippen LogP contribution is 2.27. The van der Waals surface area contributed by atoms with Gasteiger partial charge in [0.05, 0.1) is 25.0 Å². The molecule has 5 nitrogen and oxygen atoms in total. The summed E-state index contributed by atoms with van der Waals surface area (Å²) in [5.41, 5.74) is 1.05. The summed E-state index contributed by atoms with van der Waals surface area (Å²) in [5.74, 6) is 0.918. The summed E-state index contributed by atoms with van der Waals surface area (Å²) >= 11 is 0. The van der Waals surface area contributed by atoms with Crippen LogP contribution in [0.2, 0.25) is 0 Å². The van der Waals surface area contributed by atoms with Crippen molar-refractivity contribution < 1.29 is 18.7 Å². The number of benzene rings is 1. The molecule has 6 heteroatoms. The zero-order chi connectivity index (χ0) is 17.0. The molecule has 1 aromatic carbocycles. The fourth-order valence-corrected chi connectivity index (χ4v) is 2.33. The Morgan fingerprint density at radius 1 is 1.39 bits per heavy atom. The van der Waals surface area contributed by atoms with Gasteiger partial charge in [-0.3, -0.25) is 4.90 Å². The smallest absolute Gasteiger partial charge is 0.229 e. The predicted octanol–water partition coefficient (Wildman–Crippen LogP) is 3.00. The van der Waals surface area contributed by atoms with E-state index in [0.29, 0.717) is 30.2 Å². The summed E-state index contributed by atoms with van der Waals surface area (Å²) in [5, 5.41) is 9.15. The lowest BCUT2D eigenvalue weighted by atomic mass is 10.2. The number of methoxy groups -OCH3 is 1. The Labute approximate surface area is 135 Å². The van der Waals surface area contributed by atoms with E-state index in [9.17, 15) is 4.39 Å². The summed E-state index contributed by atoms with van der Waals surface area (Å²) in [6.45, 7) is 7.09. The van der Waals surface area contributed by atoms with Crippen LogP contribution in [0.5, 0.6) is 5.75 Å². The predicted molar refractivity (Wildman–Crippen MR) is 85.8 cm³/mol. The molecule has 0 unspecified atom stereocenters. The van der Waals surface area contributed by atoms with Crippen molar-refractivity contribution in [1.82, 2.24) is 9.88 Å². The maximum Gasteiger partial charge on any atom is 0.229 e. The molecule has 0 aliphatic carbocycles. The average molecular weight is 322 g/mol. The second-order valence-corrected chi connectivity index (χ2v) is 5.66. The first-order chi connectivity index (χ1) is 11.0. The van der Waals surface area contributed by atoms with Crippen LogP contribution in [0.1, 0.15) is 25.3 Å². The van der Waals surface area contributed by atoms with Gasteiger partial charge in [0.2, 0.25) is 5.89 Å². The number of rotatable bonds is 7. The SMILES string of the molecule is COc1ccc(-c2nc(CN(CCO)C(C)C)c(C)o2)c(F)c1. The molecule has 0 aliphatic heterocycles. The summed E-state index contributed by atoms with van der Waals surface area (Å²) in [7, 11) is 1.49. The van der Waals surface area contributed by atoms with Crippen molar-refractivity contribution >= 4 is 0 Å². The van der Waals surface area contributed by atoms with Crippen molar-refractivity contribution in [2.24, 2.45) is 0 Å². The van der Waals surface area contributed by atoms with E-state index in [-0.39, 0.29) is 18.5 Å². The maximum absolute atomic E-state index is 14.2. The van der Waals surface area contributed by atoms with Gasteiger partial charge in [-0.05, 0) is 32.9 Å². The Morgan fingerprint density at radius 3 is 2.70 bits per heavy atom. The summed E-state index contributed by atoms with van der Waals surface area (Å²) < 4.78 is 24.8. The monoisotopic (exact) mass is 322 g/mol. The Bertz CT molecular complexity index is 655. The molecule has 1 aromatic heterocycles. The maximum atomic E-state index is 14.2. The van der Waals surface area contributed by atoms with E-state index >= 15 is 0 Å². The standard InChI is InChI=1S/C17H23FN2O3/c1-11(2)20(7-8-21)10-16-12(3)23-17(19-16)14-6-5-13(22-4)9-15(14)18/h5-6,9,11,21H,7-8,10H2,1-4H3. The van der Waals surface area contributed by atoms with Crippen molar-refractivity contribution in [2.75, 3.05) is 20.3 Å². The number of nitrogens with zero attached hydrogens (tertiary/aromatic N) is 2. The fourth-order valence-electron chi connectivity index (χ4n) is 2.33. The van der Waals surface area contributed by atoms with E-state index in [0.717, 1.165) is 5.69 Å². The first-order valence-corrected chi connectivity index (χ1v) is 7.61. The first-order valence-electron chi connectivity index (χ1n) is 7.61. The van der Waals surface area contributed by atoms with Crippen LogP contribution in [0, 0.1) is 12.7 Å². The fraction of sp³-hybridized carbons (Fsp3) is 0.471. The van der Waals surface area contributed by atoms with Crippen molar-refractivity contribution in [3.8, 4) is 17.2 Å². The van der Waals surface area contributed by atoms with Crippen LogP contribution in [0.15, 0.2) is 22.6 Å². The second-order valence-electron chi connectivity index (χ2n) is 5.66. The minimum atomic E-state index is -0.437. The van der Waals surface area contributed by atoms with Gasteiger partial charge in [-0.25, -0.2) is 9.37 Å². The highest BCUT2D eigenvalue weighted by atomic mass is 19.1. The lowest BCUT2D eigenvalue weighted by molar-refractivity contribution is 0.157. The largest absolute Gasteiger partial charge is 0.497 e. The normalized spacial score (nSPS) is 11.5. The third kappa shape index (κ3) is 4.09.